The fourth-order valence-corrected chi connectivity index (χ4v) is 3.22. The fraction of sp³-hybridized carbons (Fsp3) is 0.500. The van der Waals surface area contributed by atoms with E-state index in [0.717, 1.165) is 44.8 Å². The lowest BCUT2D eigenvalue weighted by Crippen LogP contribution is -2.40. The van der Waals surface area contributed by atoms with Gasteiger partial charge in [-0.15, -0.1) is 0 Å². The number of rotatable bonds is 7. The largest absolute Gasteiger partial charge is 0.396 e. The summed E-state index contributed by atoms with van der Waals surface area (Å²) in [4.78, 5) is 2.45. The first-order chi connectivity index (χ1) is 11.4. The van der Waals surface area contributed by atoms with Crippen molar-refractivity contribution in [2.45, 2.75) is 19.4 Å². The van der Waals surface area contributed by atoms with Gasteiger partial charge in [-0.05, 0) is 43.5 Å². The van der Waals surface area contributed by atoms with Gasteiger partial charge in [-0.25, -0.2) is 4.68 Å². The highest BCUT2D eigenvalue weighted by Gasteiger charge is 2.18. The summed E-state index contributed by atoms with van der Waals surface area (Å²) in [6, 6.07) is 12.3. The molecule has 0 bridgehead atoms. The van der Waals surface area contributed by atoms with Crippen LogP contribution in [0.15, 0.2) is 42.6 Å². The minimum Gasteiger partial charge on any atom is -0.396 e. The molecule has 1 fully saturated rings. The van der Waals surface area contributed by atoms with Gasteiger partial charge in [-0.1, -0.05) is 18.2 Å². The quantitative estimate of drug-likeness (QED) is 0.763. The van der Waals surface area contributed by atoms with Crippen LogP contribution in [0.1, 0.15) is 18.5 Å². The summed E-state index contributed by atoms with van der Waals surface area (Å²) in [6.07, 6.45) is 4.21. The molecule has 0 spiro atoms. The van der Waals surface area contributed by atoms with Crippen molar-refractivity contribution < 1.29 is 5.11 Å². The van der Waals surface area contributed by atoms with Gasteiger partial charge in [-0.2, -0.15) is 5.10 Å². The van der Waals surface area contributed by atoms with E-state index in [0.29, 0.717) is 12.5 Å². The van der Waals surface area contributed by atoms with Crippen molar-refractivity contribution in [2.75, 3.05) is 32.8 Å². The van der Waals surface area contributed by atoms with Crippen molar-refractivity contribution in [2.24, 2.45) is 5.92 Å². The number of nitrogens with zero attached hydrogens (tertiary/aromatic N) is 3. The summed E-state index contributed by atoms with van der Waals surface area (Å²) in [7, 11) is 0. The molecule has 0 saturated carbocycles. The molecular weight excluding hydrogens is 288 g/mol. The average Bonchev–Trinajstić information content (AvgIpc) is 3.08. The summed E-state index contributed by atoms with van der Waals surface area (Å²) in [5.41, 5.74) is 2.26. The predicted octanol–water partition coefficient (Wildman–Crippen LogP) is 1.67. The number of likely N-dealkylation sites (tertiary alicyclic amines) is 1. The number of hydrogen-bond acceptors (Lipinski definition) is 4. The summed E-state index contributed by atoms with van der Waals surface area (Å²) < 4.78 is 1.98. The summed E-state index contributed by atoms with van der Waals surface area (Å²) in [5, 5.41) is 17.2. The van der Waals surface area contributed by atoms with Crippen LogP contribution in [0.4, 0.5) is 0 Å². The van der Waals surface area contributed by atoms with E-state index in [1.54, 1.807) is 0 Å². The molecule has 1 atom stereocenters. The first kappa shape index (κ1) is 16.2. The van der Waals surface area contributed by atoms with Crippen LogP contribution in [0.5, 0.6) is 0 Å². The smallest absolute Gasteiger partial charge is 0.0649 e. The van der Waals surface area contributed by atoms with Crippen LogP contribution in [0, 0.1) is 5.92 Å². The SMILES string of the molecule is OCC1CCCN(CCNCc2ccnn2-c2ccccc2)C1. The molecule has 2 N–H and O–H groups in total. The molecule has 2 aromatic rings. The van der Waals surface area contributed by atoms with E-state index in [2.05, 4.69) is 33.5 Å². The van der Waals surface area contributed by atoms with Gasteiger partial charge in [0.05, 0.1) is 11.4 Å². The number of para-hydroxylation sites is 1. The highest BCUT2D eigenvalue weighted by Crippen LogP contribution is 2.15. The lowest BCUT2D eigenvalue weighted by molar-refractivity contribution is 0.121. The maximum absolute atomic E-state index is 9.29. The van der Waals surface area contributed by atoms with Gasteiger partial charge in [0.25, 0.3) is 0 Å². The third kappa shape index (κ3) is 4.41. The van der Waals surface area contributed by atoms with E-state index in [1.165, 1.54) is 12.1 Å². The molecule has 2 heterocycles. The number of aliphatic hydroxyl groups excluding tert-OH is 1. The highest BCUT2D eigenvalue weighted by atomic mass is 16.3. The Kier molecular flexibility index (Phi) is 5.80. The Morgan fingerprint density at radius 1 is 1.22 bits per heavy atom. The zero-order valence-corrected chi connectivity index (χ0v) is 13.6. The van der Waals surface area contributed by atoms with Crippen molar-refractivity contribution in [3.05, 3.63) is 48.3 Å². The molecule has 1 saturated heterocycles. The first-order valence-corrected chi connectivity index (χ1v) is 8.49. The van der Waals surface area contributed by atoms with Crippen molar-refractivity contribution in [3.63, 3.8) is 0 Å². The number of piperidine rings is 1. The minimum atomic E-state index is 0.320. The van der Waals surface area contributed by atoms with Gasteiger partial charge in [-0.3, -0.25) is 0 Å². The molecule has 1 aromatic carbocycles. The van der Waals surface area contributed by atoms with Gasteiger partial charge in [0.2, 0.25) is 0 Å². The van der Waals surface area contributed by atoms with E-state index in [9.17, 15) is 5.11 Å². The van der Waals surface area contributed by atoms with Gasteiger partial charge < -0.3 is 15.3 Å². The topological polar surface area (TPSA) is 53.3 Å². The van der Waals surface area contributed by atoms with E-state index < -0.39 is 0 Å². The van der Waals surface area contributed by atoms with Crippen molar-refractivity contribution >= 4 is 0 Å². The number of aromatic nitrogens is 2. The first-order valence-electron chi connectivity index (χ1n) is 8.49. The Hall–Kier alpha value is -1.69. The van der Waals surface area contributed by atoms with Crippen LogP contribution in [0.3, 0.4) is 0 Å². The number of aliphatic hydroxyl groups is 1. The number of hydrogen-bond donors (Lipinski definition) is 2. The third-order valence-electron chi connectivity index (χ3n) is 4.49. The van der Waals surface area contributed by atoms with E-state index >= 15 is 0 Å². The van der Waals surface area contributed by atoms with Crippen molar-refractivity contribution in [3.8, 4) is 5.69 Å². The molecule has 1 aromatic heterocycles. The third-order valence-corrected chi connectivity index (χ3v) is 4.49. The van der Waals surface area contributed by atoms with Crippen LogP contribution < -0.4 is 5.32 Å². The summed E-state index contributed by atoms with van der Waals surface area (Å²) in [5.74, 6) is 0.461. The Bertz CT molecular complexity index is 584. The molecule has 23 heavy (non-hydrogen) atoms. The van der Waals surface area contributed by atoms with Crippen LogP contribution in [0.2, 0.25) is 0 Å². The second kappa shape index (κ2) is 8.24. The van der Waals surface area contributed by atoms with Gasteiger partial charge in [0.15, 0.2) is 0 Å². The number of nitrogens with one attached hydrogen (secondary N) is 1. The molecule has 5 heteroatoms. The fourth-order valence-electron chi connectivity index (χ4n) is 3.22. The van der Waals surface area contributed by atoms with E-state index in [-0.39, 0.29) is 0 Å². The maximum atomic E-state index is 9.29. The number of benzene rings is 1. The van der Waals surface area contributed by atoms with E-state index in [1.807, 2.05) is 29.1 Å². The van der Waals surface area contributed by atoms with Crippen molar-refractivity contribution in [1.82, 2.24) is 20.0 Å². The van der Waals surface area contributed by atoms with Gasteiger partial charge >= 0.3 is 0 Å². The summed E-state index contributed by atoms with van der Waals surface area (Å²) >= 11 is 0. The zero-order valence-electron chi connectivity index (χ0n) is 13.6. The molecule has 3 rings (SSSR count). The molecule has 5 nitrogen and oxygen atoms in total. The standard InChI is InChI=1S/C18H26N4O/c23-15-16-5-4-11-21(14-16)12-10-19-13-18-8-9-20-22(18)17-6-2-1-3-7-17/h1-3,6-9,16,19,23H,4-5,10-15H2. The summed E-state index contributed by atoms with van der Waals surface area (Å²) in [6.45, 7) is 5.31. The Morgan fingerprint density at radius 3 is 2.91 bits per heavy atom. The Labute approximate surface area is 137 Å². The predicted molar refractivity (Wildman–Crippen MR) is 91.5 cm³/mol. The maximum Gasteiger partial charge on any atom is 0.0649 e. The van der Waals surface area contributed by atoms with E-state index in [4.69, 9.17) is 0 Å². The molecule has 0 aliphatic carbocycles. The molecule has 1 aliphatic heterocycles. The Morgan fingerprint density at radius 2 is 2.09 bits per heavy atom. The van der Waals surface area contributed by atoms with Crippen LogP contribution in [-0.4, -0.2) is 52.6 Å². The second-order valence-electron chi connectivity index (χ2n) is 6.24. The normalized spacial score (nSPS) is 19.1. The van der Waals surface area contributed by atoms with Crippen LogP contribution >= 0.6 is 0 Å². The van der Waals surface area contributed by atoms with Gasteiger partial charge in [0, 0.05) is 39.0 Å². The van der Waals surface area contributed by atoms with Gasteiger partial charge in [0.1, 0.15) is 0 Å². The van der Waals surface area contributed by atoms with Crippen molar-refractivity contribution in [1.29, 1.82) is 0 Å². The lowest BCUT2D eigenvalue weighted by Gasteiger charge is -2.31. The average molecular weight is 314 g/mol. The zero-order chi connectivity index (χ0) is 15.9. The monoisotopic (exact) mass is 314 g/mol. The molecule has 0 amide bonds. The molecule has 0 radical (unpaired) electrons. The molecular formula is C18H26N4O. The minimum absolute atomic E-state index is 0.320. The highest BCUT2D eigenvalue weighted by molar-refractivity contribution is 5.32. The van der Waals surface area contributed by atoms with Crippen LogP contribution in [-0.2, 0) is 6.54 Å². The lowest BCUT2D eigenvalue weighted by atomic mass is 9.99. The molecule has 1 aliphatic rings. The second-order valence-corrected chi connectivity index (χ2v) is 6.24. The molecule has 124 valence electrons. The molecule has 1 unspecified atom stereocenters. The van der Waals surface area contributed by atoms with Crippen LogP contribution in [0.25, 0.3) is 5.69 Å². The Balaban J connectivity index is 1.46.